The van der Waals surface area contributed by atoms with Crippen LogP contribution in [0.5, 0.6) is 0 Å². The summed E-state index contributed by atoms with van der Waals surface area (Å²) in [5, 5.41) is 10.7. The molecule has 0 spiro atoms. The van der Waals surface area contributed by atoms with E-state index in [0.717, 1.165) is 12.5 Å². The summed E-state index contributed by atoms with van der Waals surface area (Å²) >= 11 is 0. The van der Waals surface area contributed by atoms with Crippen molar-refractivity contribution in [2.75, 3.05) is 12.3 Å². The summed E-state index contributed by atoms with van der Waals surface area (Å²) in [6, 6.07) is 3.42. The zero-order valence-corrected chi connectivity index (χ0v) is 10.7. The number of hydrogen-bond acceptors (Lipinski definition) is 5. The molecule has 7 nitrogen and oxygen atoms in total. The standard InChI is InChI=1S/C10H15N3O4S/c1-2-3-6-12-18(16,17)8-4-5-9(11)10(7-8)13(14)15/h4-5,7,12H,2-3,6,11H2,1H3. The Morgan fingerprint density at radius 3 is 2.67 bits per heavy atom. The minimum absolute atomic E-state index is 0.0625. The van der Waals surface area contributed by atoms with E-state index in [9.17, 15) is 18.5 Å². The molecule has 18 heavy (non-hydrogen) atoms. The van der Waals surface area contributed by atoms with Gasteiger partial charge in [-0.15, -0.1) is 0 Å². The van der Waals surface area contributed by atoms with E-state index < -0.39 is 20.6 Å². The van der Waals surface area contributed by atoms with Crippen LogP contribution in [-0.4, -0.2) is 19.9 Å². The first-order chi connectivity index (χ1) is 8.38. The average molecular weight is 273 g/mol. The van der Waals surface area contributed by atoms with Crippen LogP contribution in [0.4, 0.5) is 11.4 Å². The maximum absolute atomic E-state index is 11.8. The molecule has 0 saturated heterocycles. The van der Waals surface area contributed by atoms with Gasteiger partial charge < -0.3 is 5.73 Å². The van der Waals surface area contributed by atoms with Crippen LogP contribution in [0.2, 0.25) is 0 Å². The minimum Gasteiger partial charge on any atom is -0.393 e. The van der Waals surface area contributed by atoms with Crippen LogP contribution in [0.25, 0.3) is 0 Å². The second-order valence-corrected chi connectivity index (χ2v) is 5.50. The number of nitrogens with zero attached hydrogens (tertiary/aromatic N) is 1. The zero-order valence-electron chi connectivity index (χ0n) is 9.92. The molecule has 0 amide bonds. The first kappa shape index (κ1) is 14.4. The molecular formula is C10H15N3O4S. The second kappa shape index (κ2) is 5.78. The van der Waals surface area contributed by atoms with Gasteiger partial charge in [-0.1, -0.05) is 13.3 Å². The fourth-order valence-electron chi connectivity index (χ4n) is 1.32. The molecule has 8 heteroatoms. The fraction of sp³-hybridized carbons (Fsp3) is 0.400. The van der Waals surface area contributed by atoms with E-state index >= 15 is 0 Å². The fourth-order valence-corrected chi connectivity index (χ4v) is 2.41. The summed E-state index contributed by atoms with van der Waals surface area (Å²) < 4.78 is 26.0. The Bertz CT molecular complexity index is 542. The Kier molecular flexibility index (Phi) is 4.62. The van der Waals surface area contributed by atoms with Crippen LogP contribution in [-0.2, 0) is 10.0 Å². The summed E-state index contributed by atoms with van der Waals surface area (Å²) in [7, 11) is -3.72. The Morgan fingerprint density at radius 1 is 1.44 bits per heavy atom. The van der Waals surface area contributed by atoms with Gasteiger partial charge in [-0.2, -0.15) is 0 Å². The van der Waals surface area contributed by atoms with Gasteiger partial charge in [0, 0.05) is 12.6 Å². The third-order valence-electron chi connectivity index (χ3n) is 2.33. The van der Waals surface area contributed by atoms with Crippen molar-refractivity contribution in [2.24, 2.45) is 0 Å². The molecule has 0 aliphatic heterocycles. The molecule has 0 aliphatic rings. The molecule has 1 aromatic rings. The molecule has 0 atom stereocenters. The van der Waals surface area contributed by atoms with Gasteiger partial charge in [0.15, 0.2) is 0 Å². The smallest absolute Gasteiger partial charge is 0.293 e. The monoisotopic (exact) mass is 273 g/mol. The minimum atomic E-state index is -3.72. The van der Waals surface area contributed by atoms with Gasteiger partial charge in [0.2, 0.25) is 10.0 Å². The Balaban J connectivity index is 3.02. The van der Waals surface area contributed by atoms with Crippen LogP contribution in [0.1, 0.15) is 19.8 Å². The number of nitrogens with two attached hydrogens (primary N) is 1. The highest BCUT2D eigenvalue weighted by molar-refractivity contribution is 7.89. The van der Waals surface area contributed by atoms with Crippen molar-refractivity contribution in [1.29, 1.82) is 0 Å². The van der Waals surface area contributed by atoms with E-state index in [1.54, 1.807) is 0 Å². The van der Waals surface area contributed by atoms with E-state index in [-0.39, 0.29) is 10.6 Å². The lowest BCUT2D eigenvalue weighted by Crippen LogP contribution is -2.24. The highest BCUT2D eigenvalue weighted by Crippen LogP contribution is 2.24. The Morgan fingerprint density at radius 2 is 2.11 bits per heavy atom. The number of sulfonamides is 1. The number of unbranched alkanes of at least 4 members (excludes halogenated alkanes) is 1. The first-order valence-corrected chi connectivity index (χ1v) is 6.90. The van der Waals surface area contributed by atoms with Crippen molar-refractivity contribution in [2.45, 2.75) is 24.7 Å². The molecule has 0 aromatic heterocycles. The predicted octanol–water partition coefficient (Wildman–Crippen LogP) is 1.26. The van der Waals surface area contributed by atoms with Gasteiger partial charge in [0.25, 0.3) is 5.69 Å². The van der Waals surface area contributed by atoms with Crippen molar-refractivity contribution in [3.8, 4) is 0 Å². The average Bonchev–Trinajstić information content (AvgIpc) is 2.29. The van der Waals surface area contributed by atoms with Gasteiger partial charge in [-0.25, -0.2) is 13.1 Å². The van der Waals surface area contributed by atoms with Gasteiger partial charge in [0.1, 0.15) is 5.69 Å². The number of hydrogen-bond donors (Lipinski definition) is 2. The van der Waals surface area contributed by atoms with Gasteiger partial charge >= 0.3 is 0 Å². The van der Waals surface area contributed by atoms with E-state index in [1.165, 1.54) is 12.1 Å². The van der Waals surface area contributed by atoms with E-state index in [2.05, 4.69) is 4.72 Å². The lowest BCUT2D eigenvalue weighted by Gasteiger charge is -2.06. The van der Waals surface area contributed by atoms with Crippen LogP contribution in [0, 0.1) is 10.1 Å². The lowest BCUT2D eigenvalue weighted by molar-refractivity contribution is -0.384. The first-order valence-electron chi connectivity index (χ1n) is 5.42. The van der Waals surface area contributed by atoms with Crippen LogP contribution in [0.15, 0.2) is 23.1 Å². The molecule has 0 saturated carbocycles. The number of anilines is 1. The summed E-state index contributed by atoms with van der Waals surface area (Å²) in [5.41, 5.74) is 4.93. The molecule has 0 aliphatic carbocycles. The van der Waals surface area contributed by atoms with Crippen molar-refractivity contribution >= 4 is 21.4 Å². The van der Waals surface area contributed by atoms with Crippen molar-refractivity contribution in [1.82, 2.24) is 4.72 Å². The summed E-state index contributed by atoms with van der Waals surface area (Å²) in [6.07, 6.45) is 1.56. The van der Waals surface area contributed by atoms with E-state index in [4.69, 9.17) is 5.73 Å². The quantitative estimate of drug-likeness (QED) is 0.350. The third-order valence-corrected chi connectivity index (χ3v) is 3.79. The topological polar surface area (TPSA) is 115 Å². The van der Waals surface area contributed by atoms with E-state index in [0.29, 0.717) is 13.0 Å². The van der Waals surface area contributed by atoms with Crippen LogP contribution < -0.4 is 10.5 Å². The van der Waals surface area contributed by atoms with Crippen LogP contribution in [0.3, 0.4) is 0 Å². The van der Waals surface area contributed by atoms with Crippen LogP contribution >= 0.6 is 0 Å². The second-order valence-electron chi connectivity index (χ2n) is 3.73. The number of rotatable bonds is 6. The molecular weight excluding hydrogens is 258 g/mol. The Hall–Kier alpha value is -1.67. The number of nitro benzene ring substituents is 1. The molecule has 1 aromatic carbocycles. The molecule has 100 valence electrons. The molecule has 0 bridgehead atoms. The predicted molar refractivity (Wildman–Crippen MR) is 67.6 cm³/mol. The molecule has 0 unspecified atom stereocenters. The third kappa shape index (κ3) is 3.41. The van der Waals surface area contributed by atoms with Gasteiger partial charge in [0.05, 0.1) is 9.82 Å². The molecule has 0 heterocycles. The Labute approximate surface area is 105 Å². The van der Waals surface area contributed by atoms with Crippen molar-refractivity contribution in [3.63, 3.8) is 0 Å². The molecule has 3 N–H and O–H groups in total. The number of benzene rings is 1. The van der Waals surface area contributed by atoms with Crippen molar-refractivity contribution < 1.29 is 13.3 Å². The molecule has 0 fully saturated rings. The maximum atomic E-state index is 11.8. The number of nitrogen functional groups attached to an aromatic ring is 1. The van der Waals surface area contributed by atoms with Gasteiger partial charge in [-0.3, -0.25) is 10.1 Å². The lowest BCUT2D eigenvalue weighted by atomic mass is 10.3. The highest BCUT2D eigenvalue weighted by atomic mass is 32.2. The summed E-state index contributed by atoms with van der Waals surface area (Å²) in [5.74, 6) is 0. The largest absolute Gasteiger partial charge is 0.393 e. The SMILES string of the molecule is CCCCNS(=O)(=O)c1ccc(N)c([N+](=O)[O-])c1. The number of nitrogens with one attached hydrogen (secondary N) is 1. The normalized spacial score (nSPS) is 11.4. The molecule has 0 radical (unpaired) electrons. The zero-order chi connectivity index (χ0) is 13.8. The van der Waals surface area contributed by atoms with E-state index in [1.807, 2.05) is 6.92 Å². The summed E-state index contributed by atoms with van der Waals surface area (Å²) in [6.45, 7) is 2.24. The molecule has 1 rings (SSSR count). The van der Waals surface area contributed by atoms with Gasteiger partial charge in [-0.05, 0) is 18.6 Å². The number of nitro groups is 1. The maximum Gasteiger partial charge on any atom is 0.293 e. The summed E-state index contributed by atoms with van der Waals surface area (Å²) in [4.78, 5) is 9.81. The van der Waals surface area contributed by atoms with Crippen molar-refractivity contribution in [3.05, 3.63) is 28.3 Å². The highest BCUT2D eigenvalue weighted by Gasteiger charge is 2.19.